The number of carbonyl (C=O) groups excluding carboxylic acids is 3. The van der Waals surface area contributed by atoms with E-state index in [-0.39, 0.29) is 23.6 Å². The van der Waals surface area contributed by atoms with E-state index in [1.165, 1.54) is 19.2 Å². The van der Waals surface area contributed by atoms with Gasteiger partial charge < -0.3 is 14.8 Å². The van der Waals surface area contributed by atoms with Crippen LogP contribution < -0.4 is 5.32 Å². The standard InChI is InChI=1S/C15H19NO5/c1-3-4-9-16-13(17)10-21-15(19)12-8-6-5-7-11(12)14(18)20-2/h5-8H,3-4,9-10H2,1-2H3,(H,16,17). The molecule has 0 atom stereocenters. The van der Waals surface area contributed by atoms with Crippen LogP contribution in [-0.2, 0) is 14.3 Å². The molecule has 1 amide bonds. The Kier molecular flexibility index (Phi) is 6.94. The van der Waals surface area contributed by atoms with Crippen molar-refractivity contribution < 1.29 is 23.9 Å². The second-order valence-electron chi connectivity index (χ2n) is 4.32. The van der Waals surface area contributed by atoms with Crippen LogP contribution in [-0.4, -0.2) is 38.1 Å². The smallest absolute Gasteiger partial charge is 0.339 e. The van der Waals surface area contributed by atoms with Crippen molar-refractivity contribution in [3.05, 3.63) is 35.4 Å². The zero-order valence-electron chi connectivity index (χ0n) is 12.2. The average Bonchev–Trinajstić information content (AvgIpc) is 2.52. The van der Waals surface area contributed by atoms with E-state index in [0.717, 1.165) is 12.8 Å². The summed E-state index contributed by atoms with van der Waals surface area (Å²) in [6, 6.07) is 6.12. The summed E-state index contributed by atoms with van der Waals surface area (Å²) in [5, 5.41) is 2.63. The van der Waals surface area contributed by atoms with Crippen molar-refractivity contribution in [2.75, 3.05) is 20.3 Å². The Balaban J connectivity index is 2.60. The highest BCUT2D eigenvalue weighted by Crippen LogP contribution is 2.11. The van der Waals surface area contributed by atoms with Crippen LogP contribution in [0, 0.1) is 0 Å². The molecule has 1 aromatic rings. The lowest BCUT2D eigenvalue weighted by atomic mass is 10.1. The average molecular weight is 293 g/mol. The molecule has 1 aromatic carbocycles. The molecule has 0 saturated carbocycles. The second kappa shape index (κ2) is 8.73. The van der Waals surface area contributed by atoms with Gasteiger partial charge in [0.15, 0.2) is 6.61 Å². The Bertz CT molecular complexity index is 513. The first-order chi connectivity index (χ1) is 10.1. The predicted octanol–water partition coefficient (Wildman–Crippen LogP) is 1.55. The minimum absolute atomic E-state index is 0.0747. The molecule has 0 spiro atoms. The fourth-order valence-electron chi connectivity index (χ4n) is 1.61. The molecule has 6 heteroatoms. The highest BCUT2D eigenvalue weighted by molar-refractivity contribution is 6.03. The summed E-state index contributed by atoms with van der Waals surface area (Å²) >= 11 is 0. The molecule has 0 radical (unpaired) electrons. The van der Waals surface area contributed by atoms with Crippen LogP contribution in [0.4, 0.5) is 0 Å². The summed E-state index contributed by atoms with van der Waals surface area (Å²) in [6.07, 6.45) is 1.83. The number of ether oxygens (including phenoxy) is 2. The first kappa shape index (κ1) is 16.7. The number of rotatable bonds is 7. The van der Waals surface area contributed by atoms with Crippen LogP contribution >= 0.6 is 0 Å². The van der Waals surface area contributed by atoms with Gasteiger partial charge in [0.2, 0.25) is 0 Å². The SMILES string of the molecule is CCCCNC(=O)COC(=O)c1ccccc1C(=O)OC. The molecule has 1 rings (SSSR count). The van der Waals surface area contributed by atoms with Crippen LogP contribution in [0.1, 0.15) is 40.5 Å². The van der Waals surface area contributed by atoms with E-state index in [0.29, 0.717) is 6.54 Å². The van der Waals surface area contributed by atoms with Crippen molar-refractivity contribution in [2.45, 2.75) is 19.8 Å². The first-order valence-corrected chi connectivity index (χ1v) is 6.71. The molecule has 1 N–H and O–H groups in total. The Hall–Kier alpha value is -2.37. The third-order valence-corrected chi connectivity index (χ3v) is 2.74. The molecular weight excluding hydrogens is 274 g/mol. The summed E-state index contributed by atoms with van der Waals surface area (Å²) in [5.41, 5.74) is 0.182. The Labute approximate surface area is 123 Å². The van der Waals surface area contributed by atoms with Gasteiger partial charge in [0.05, 0.1) is 18.2 Å². The highest BCUT2D eigenvalue weighted by Gasteiger charge is 2.18. The maximum absolute atomic E-state index is 11.9. The van der Waals surface area contributed by atoms with Crippen LogP contribution in [0.5, 0.6) is 0 Å². The first-order valence-electron chi connectivity index (χ1n) is 6.71. The largest absolute Gasteiger partial charge is 0.465 e. The molecule has 0 fully saturated rings. The molecule has 21 heavy (non-hydrogen) atoms. The lowest BCUT2D eigenvalue weighted by molar-refractivity contribution is -0.124. The van der Waals surface area contributed by atoms with Gasteiger partial charge in [-0.1, -0.05) is 25.5 Å². The Morgan fingerprint density at radius 1 is 1.10 bits per heavy atom. The number of methoxy groups -OCH3 is 1. The van der Waals surface area contributed by atoms with E-state index in [2.05, 4.69) is 10.1 Å². The Morgan fingerprint density at radius 2 is 1.71 bits per heavy atom. The van der Waals surface area contributed by atoms with Crippen molar-refractivity contribution >= 4 is 17.8 Å². The van der Waals surface area contributed by atoms with Gasteiger partial charge in [-0.15, -0.1) is 0 Å². The fourth-order valence-corrected chi connectivity index (χ4v) is 1.61. The number of unbranched alkanes of at least 4 members (excludes halogenated alkanes) is 1. The number of esters is 2. The minimum atomic E-state index is -0.735. The topological polar surface area (TPSA) is 81.7 Å². The minimum Gasteiger partial charge on any atom is -0.465 e. The van der Waals surface area contributed by atoms with Gasteiger partial charge in [-0.3, -0.25) is 4.79 Å². The molecule has 6 nitrogen and oxygen atoms in total. The number of nitrogens with one attached hydrogen (secondary N) is 1. The lowest BCUT2D eigenvalue weighted by Gasteiger charge is -2.08. The van der Waals surface area contributed by atoms with Crippen molar-refractivity contribution in [3.8, 4) is 0 Å². The molecule has 0 bridgehead atoms. The van der Waals surface area contributed by atoms with E-state index in [9.17, 15) is 14.4 Å². The lowest BCUT2D eigenvalue weighted by Crippen LogP contribution is -2.29. The summed E-state index contributed by atoms with van der Waals surface area (Å²) in [7, 11) is 1.23. The molecule has 0 saturated heterocycles. The van der Waals surface area contributed by atoms with Gasteiger partial charge >= 0.3 is 11.9 Å². The van der Waals surface area contributed by atoms with Crippen LogP contribution in [0.15, 0.2) is 24.3 Å². The molecule has 0 heterocycles. The van der Waals surface area contributed by atoms with E-state index < -0.39 is 11.9 Å². The van der Waals surface area contributed by atoms with Gasteiger partial charge in [0.1, 0.15) is 0 Å². The van der Waals surface area contributed by atoms with Crippen molar-refractivity contribution in [1.82, 2.24) is 5.32 Å². The maximum atomic E-state index is 11.9. The number of hydrogen-bond acceptors (Lipinski definition) is 5. The maximum Gasteiger partial charge on any atom is 0.339 e. The van der Waals surface area contributed by atoms with E-state index >= 15 is 0 Å². The fraction of sp³-hybridized carbons (Fsp3) is 0.400. The molecule has 0 aliphatic rings. The Morgan fingerprint density at radius 3 is 2.29 bits per heavy atom. The van der Waals surface area contributed by atoms with E-state index in [1.807, 2.05) is 6.92 Å². The van der Waals surface area contributed by atoms with Crippen LogP contribution in [0.2, 0.25) is 0 Å². The normalized spacial score (nSPS) is 9.81. The quantitative estimate of drug-likeness (QED) is 0.609. The number of carbonyl (C=O) groups is 3. The molecule has 0 unspecified atom stereocenters. The molecule has 0 aliphatic heterocycles. The third kappa shape index (κ3) is 5.25. The van der Waals surface area contributed by atoms with Crippen molar-refractivity contribution in [1.29, 1.82) is 0 Å². The third-order valence-electron chi connectivity index (χ3n) is 2.74. The molecule has 114 valence electrons. The van der Waals surface area contributed by atoms with Crippen LogP contribution in [0.3, 0.4) is 0 Å². The predicted molar refractivity (Wildman–Crippen MR) is 76.0 cm³/mol. The van der Waals surface area contributed by atoms with Gasteiger partial charge in [0, 0.05) is 6.54 Å². The summed E-state index contributed by atoms with van der Waals surface area (Å²) in [5.74, 6) is -1.73. The summed E-state index contributed by atoms with van der Waals surface area (Å²) < 4.78 is 9.49. The zero-order valence-corrected chi connectivity index (χ0v) is 12.2. The van der Waals surface area contributed by atoms with Gasteiger partial charge in [-0.25, -0.2) is 9.59 Å². The van der Waals surface area contributed by atoms with Crippen molar-refractivity contribution in [3.63, 3.8) is 0 Å². The molecular formula is C15H19NO5. The second-order valence-corrected chi connectivity index (χ2v) is 4.32. The number of hydrogen-bond donors (Lipinski definition) is 1. The molecule has 0 aromatic heterocycles. The number of benzene rings is 1. The highest BCUT2D eigenvalue weighted by atomic mass is 16.5. The van der Waals surface area contributed by atoms with Crippen molar-refractivity contribution in [2.24, 2.45) is 0 Å². The van der Waals surface area contributed by atoms with Gasteiger partial charge in [0.25, 0.3) is 5.91 Å². The van der Waals surface area contributed by atoms with E-state index in [4.69, 9.17) is 4.74 Å². The monoisotopic (exact) mass is 293 g/mol. The van der Waals surface area contributed by atoms with Gasteiger partial charge in [-0.2, -0.15) is 0 Å². The van der Waals surface area contributed by atoms with Gasteiger partial charge in [-0.05, 0) is 18.6 Å². The summed E-state index contributed by atoms with van der Waals surface area (Å²) in [6.45, 7) is 2.18. The number of amides is 1. The molecule has 0 aliphatic carbocycles. The zero-order chi connectivity index (χ0) is 15.7. The van der Waals surface area contributed by atoms with Crippen LogP contribution in [0.25, 0.3) is 0 Å². The summed E-state index contributed by atoms with van der Waals surface area (Å²) in [4.78, 5) is 34.9. The van der Waals surface area contributed by atoms with E-state index in [1.54, 1.807) is 12.1 Å².